The smallest absolute Gasteiger partial charge is 0.183 e. The molecule has 1 atom stereocenters. The van der Waals surface area contributed by atoms with Crippen LogP contribution in [0.4, 0.5) is 13.2 Å². The maximum atomic E-state index is 12.1. The Morgan fingerprint density at radius 1 is 1.21 bits per heavy atom. The highest BCUT2D eigenvalue weighted by atomic mass is 32.3. The molecule has 0 aliphatic rings. The van der Waals surface area contributed by atoms with E-state index in [-0.39, 0.29) is 4.90 Å². The summed E-state index contributed by atoms with van der Waals surface area (Å²) in [5.74, 6) is 0. The van der Waals surface area contributed by atoms with E-state index in [0.717, 1.165) is 30.5 Å². The zero-order chi connectivity index (χ0) is 11.0. The van der Waals surface area contributed by atoms with Gasteiger partial charge in [-0.3, -0.25) is 0 Å². The van der Waals surface area contributed by atoms with Crippen LogP contribution < -0.4 is 0 Å². The molecule has 1 unspecified atom stereocenters. The van der Waals surface area contributed by atoms with Crippen LogP contribution in [-0.4, -0.2) is 10.8 Å². The summed E-state index contributed by atoms with van der Waals surface area (Å²) in [5.41, 5.74) is -0.829. The third-order valence-corrected chi connectivity index (χ3v) is 2.77. The van der Waals surface area contributed by atoms with Crippen LogP contribution in [0.5, 0.6) is 0 Å². The van der Waals surface area contributed by atoms with Gasteiger partial charge >= 0.3 is 6.18 Å². The number of halogens is 3. The Labute approximate surface area is 80.0 Å². The van der Waals surface area contributed by atoms with Crippen LogP contribution in [-0.2, 0) is 20.6 Å². The van der Waals surface area contributed by atoms with Crippen LogP contribution in [0.15, 0.2) is 29.2 Å². The maximum absolute atomic E-state index is 12.1. The summed E-state index contributed by atoms with van der Waals surface area (Å²) in [6, 6.07) is 3.58. The first-order chi connectivity index (χ1) is 6.21. The van der Waals surface area contributed by atoms with Crippen molar-refractivity contribution in [2.24, 2.45) is 0 Å². The molecule has 0 aromatic heterocycles. The minimum atomic E-state index is -4.41. The zero-order valence-electron chi connectivity index (χ0n) is 7.21. The monoisotopic (exact) mass is 225 g/mol. The van der Waals surface area contributed by atoms with Crippen molar-refractivity contribution >= 4 is 10.2 Å². The Morgan fingerprint density at radius 3 is 1.93 bits per heavy atom. The second-order valence-corrected chi connectivity index (χ2v) is 4.90. The molecule has 6 heteroatoms. The summed E-state index contributed by atoms with van der Waals surface area (Å²) in [6.07, 6.45) is -3.36. The summed E-state index contributed by atoms with van der Waals surface area (Å²) < 4.78 is 56.3. The van der Waals surface area contributed by atoms with Crippen LogP contribution in [0.1, 0.15) is 5.56 Å². The van der Waals surface area contributed by atoms with Gasteiger partial charge in [0.25, 0.3) is 0 Å². The Balaban J connectivity index is 3.08. The van der Waals surface area contributed by atoms with E-state index in [4.69, 9.17) is 4.55 Å². The van der Waals surface area contributed by atoms with Crippen LogP contribution in [0.25, 0.3) is 0 Å². The Kier molecular flexibility index (Phi) is 2.69. The lowest BCUT2D eigenvalue weighted by molar-refractivity contribution is -0.137. The van der Waals surface area contributed by atoms with E-state index in [1.54, 1.807) is 0 Å². The fourth-order valence-corrected chi connectivity index (χ4v) is 1.54. The molecule has 1 aromatic carbocycles. The molecule has 0 amide bonds. The molecule has 0 fully saturated rings. The van der Waals surface area contributed by atoms with E-state index >= 15 is 0 Å². The molecule has 1 rings (SSSR count). The Bertz CT molecular complexity index is 363. The van der Waals surface area contributed by atoms with Gasteiger partial charge in [0.15, 0.2) is 4.90 Å². The highest BCUT2D eigenvalue weighted by molar-refractivity contribution is 7.97. The largest absolute Gasteiger partial charge is 0.416 e. The first kappa shape index (κ1) is 11.2. The molecule has 0 aliphatic heterocycles. The van der Waals surface area contributed by atoms with Crippen molar-refractivity contribution in [3.05, 3.63) is 29.8 Å². The predicted octanol–water partition coefficient (Wildman–Crippen LogP) is 2.67. The first-order valence-corrected chi connectivity index (χ1v) is 5.52. The lowest BCUT2D eigenvalue weighted by atomic mass is 10.2. The molecule has 0 spiro atoms. The molecule has 14 heavy (non-hydrogen) atoms. The van der Waals surface area contributed by atoms with E-state index in [0.29, 0.717) is 0 Å². The van der Waals surface area contributed by atoms with E-state index in [1.807, 2.05) is 0 Å². The lowest BCUT2D eigenvalue weighted by Crippen LogP contribution is -2.08. The zero-order valence-corrected chi connectivity index (χ0v) is 8.02. The van der Waals surface area contributed by atoms with Gasteiger partial charge in [0.2, 0.25) is 10.2 Å². The molecule has 0 radical (unpaired) electrons. The number of alkyl halides is 3. The molecule has 1 N–H and O–H groups in total. The van der Waals surface area contributed by atoms with E-state index < -0.39 is 22.0 Å². The van der Waals surface area contributed by atoms with Crippen LogP contribution in [0.2, 0.25) is 0 Å². The molecular formula is C8H8F3O2S+. The molecule has 2 nitrogen and oxygen atoms in total. The SMILES string of the molecule is C[S+](=O)(O)c1ccc(C(F)(F)F)cc1. The van der Waals surface area contributed by atoms with Gasteiger partial charge in [0.05, 0.1) is 5.56 Å². The fraction of sp³-hybridized carbons (Fsp3) is 0.250. The van der Waals surface area contributed by atoms with Gasteiger partial charge in [0, 0.05) is 0 Å². The summed E-state index contributed by atoms with van der Waals surface area (Å²) in [5, 5.41) is 0. The standard InChI is InChI=1S/C8H7F3O2S/c1-14(12,13)7-4-2-6(3-5-7)8(9,10)11/h2-5H,1H3/p+1. The second kappa shape index (κ2) is 3.36. The third-order valence-electron chi connectivity index (χ3n) is 1.62. The van der Waals surface area contributed by atoms with Crippen LogP contribution >= 0.6 is 0 Å². The molecule has 0 aliphatic carbocycles. The van der Waals surface area contributed by atoms with Gasteiger partial charge in [-0.2, -0.15) is 17.7 Å². The van der Waals surface area contributed by atoms with Gasteiger partial charge in [-0.25, -0.2) is 0 Å². The third kappa shape index (κ3) is 2.55. The van der Waals surface area contributed by atoms with Gasteiger partial charge in [0.1, 0.15) is 6.26 Å². The molecule has 0 saturated carbocycles. The highest BCUT2D eigenvalue weighted by Gasteiger charge is 2.31. The van der Waals surface area contributed by atoms with Crippen molar-refractivity contribution in [1.29, 1.82) is 0 Å². The van der Waals surface area contributed by atoms with Crippen molar-refractivity contribution in [2.45, 2.75) is 11.1 Å². The average Bonchev–Trinajstić information content (AvgIpc) is 2.01. The van der Waals surface area contributed by atoms with Gasteiger partial charge < -0.3 is 0 Å². The molecular weight excluding hydrogens is 217 g/mol. The van der Waals surface area contributed by atoms with Gasteiger partial charge in [-0.05, 0) is 24.3 Å². The topological polar surface area (TPSA) is 37.3 Å². The van der Waals surface area contributed by atoms with E-state index in [1.165, 1.54) is 0 Å². The van der Waals surface area contributed by atoms with E-state index in [9.17, 15) is 17.4 Å². The second-order valence-electron chi connectivity index (χ2n) is 2.82. The number of benzene rings is 1. The van der Waals surface area contributed by atoms with Gasteiger partial charge in [-0.15, -0.1) is 0 Å². The Hall–Kier alpha value is -0.880. The first-order valence-electron chi connectivity index (χ1n) is 3.60. The number of hydrogen-bond donors (Lipinski definition) is 1. The van der Waals surface area contributed by atoms with Crippen molar-refractivity contribution in [1.82, 2.24) is 0 Å². The molecule has 0 saturated heterocycles. The lowest BCUT2D eigenvalue weighted by Gasteiger charge is -2.05. The average molecular weight is 225 g/mol. The van der Waals surface area contributed by atoms with Crippen molar-refractivity contribution in [2.75, 3.05) is 6.26 Å². The van der Waals surface area contributed by atoms with Crippen molar-refractivity contribution < 1.29 is 21.9 Å². The summed E-state index contributed by atoms with van der Waals surface area (Å²) in [4.78, 5) is -0.00880. The normalized spacial score (nSPS) is 16.4. The molecule has 0 bridgehead atoms. The maximum Gasteiger partial charge on any atom is 0.416 e. The minimum Gasteiger partial charge on any atom is -0.183 e. The quantitative estimate of drug-likeness (QED) is 0.746. The molecule has 0 heterocycles. The van der Waals surface area contributed by atoms with Crippen molar-refractivity contribution in [3.8, 4) is 0 Å². The fourth-order valence-electron chi connectivity index (χ4n) is 0.896. The van der Waals surface area contributed by atoms with E-state index in [2.05, 4.69) is 0 Å². The number of hydrogen-bond acceptors (Lipinski definition) is 1. The summed E-state index contributed by atoms with van der Waals surface area (Å²) in [7, 11) is -3.18. The van der Waals surface area contributed by atoms with Crippen LogP contribution in [0, 0.1) is 0 Å². The molecule has 78 valence electrons. The highest BCUT2D eigenvalue weighted by Crippen LogP contribution is 2.30. The summed E-state index contributed by atoms with van der Waals surface area (Å²) >= 11 is 0. The summed E-state index contributed by atoms with van der Waals surface area (Å²) in [6.45, 7) is 0. The predicted molar refractivity (Wildman–Crippen MR) is 46.3 cm³/mol. The number of rotatable bonds is 1. The van der Waals surface area contributed by atoms with Gasteiger partial charge in [-0.1, -0.05) is 4.21 Å². The van der Waals surface area contributed by atoms with Crippen molar-refractivity contribution in [3.63, 3.8) is 0 Å². The minimum absolute atomic E-state index is 0.00880. The Morgan fingerprint density at radius 2 is 1.64 bits per heavy atom. The molecule has 1 aromatic rings. The van der Waals surface area contributed by atoms with Crippen LogP contribution in [0.3, 0.4) is 0 Å².